The van der Waals surface area contributed by atoms with Gasteiger partial charge in [-0.2, -0.15) is 0 Å². The number of ether oxygens (including phenoxy) is 1. The third kappa shape index (κ3) is 4.13. The summed E-state index contributed by atoms with van der Waals surface area (Å²) >= 11 is 0. The zero-order valence-electron chi connectivity index (χ0n) is 15.1. The summed E-state index contributed by atoms with van der Waals surface area (Å²) in [4.78, 5) is 17.0. The number of aryl methyl sites for hydroxylation is 1. The van der Waals surface area contributed by atoms with Crippen molar-refractivity contribution >= 4 is 11.6 Å². The molecule has 132 valence electrons. The second-order valence-electron chi connectivity index (χ2n) is 6.44. The van der Waals surface area contributed by atoms with E-state index < -0.39 is 0 Å². The van der Waals surface area contributed by atoms with Gasteiger partial charge in [0.15, 0.2) is 0 Å². The Morgan fingerprint density at radius 3 is 2.32 bits per heavy atom. The molecule has 1 fully saturated rings. The standard InChI is InChI=1S/C21H26N2O2/c1-3-16-25-19-10-8-18(9-11-19)21(24)23-14-12-22(13-15-23)20-7-5-4-6-17(20)2/h4-11H,3,12-16H2,1-2H3. The van der Waals surface area contributed by atoms with E-state index in [1.54, 1.807) is 0 Å². The Balaban J connectivity index is 1.59. The topological polar surface area (TPSA) is 32.8 Å². The van der Waals surface area contributed by atoms with E-state index in [0.29, 0.717) is 6.61 Å². The predicted octanol–water partition coefficient (Wildman–Crippen LogP) is 3.75. The summed E-state index contributed by atoms with van der Waals surface area (Å²) < 4.78 is 5.58. The van der Waals surface area contributed by atoms with E-state index in [9.17, 15) is 4.79 Å². The van der Waals surface area contributed by atoms with Crippen molar-refractivity contribution in [2.45, 2.75) is 20.3 Å². The average molecular weight is 338 g/mol. The fourth-order valence-electron chi connectivity index (χ4n) is 3.16. The van der Waals surface area contributed by atoms with E-state index in [0.717, 1.165) is 43.9 Å². The number of carbonyl (C=O) groups is 1. The average Bonchev–Trinajstić information content (AvgIpc) is 2.67. The highest BCUT2D eigenvalue weighted by Gasteiger charge is 2.22. The van der Waals surface area contributed by atoms with E-state index in [-0.39, 0.29) is 5.91 Å². The van der Waals surface area contributed by atoms with Crippen LogP contribution in [0.1, 0.15) is 29.3 Å². The number of hydrogen-bond acceptors (Lipinski definition) is 3. The number of carbonyl (C=O) groups excluding carboxylic acids is 1. The molecule has 0 N–H and O–H groups in total. The number of amides is 1. The van der Waals surface area contributed by atoms with Gasteiger partial charge in [-0.25, -0.2) is 0 Å². The quantitative estimate of drug-likeness (QED) is 0.832. The molecule has 0 bridgehead atoms. The summed E-state index contributed by atoms with van der Waals surface area (Å²) in [5.41, 5.74) is 3.28. The van der Waals surface area contributed by atoms with Crippen LogP contribution in [-0.4, -0.2) is 43.6 Å². The highest BCUT2D eigenvalue weighted by molar-refractivity contribution is 5.94. The molecule has 0 radical (unpaired) electrons. The Morgan fingerprint density at radius 1 is 1.00 bits per heavy atom. The van der Waals surface area contributed by atoms with E-state index in [1.807, 2.05) is 29.2 Å². The van der Waals surface area contributed by atoms with Crippen LogP contribution in [0.4, 0.5) is 5.69 Å². The van der Waals surface area contributed by atoms with Crippen molar-refractivity contribution in [3.63, 3.8) is 0 Å². The molecule has 1 saturated heterocycles. The lowest BCUT2D eigenvalue weighted by molar-refractivity contribution is 0.0746. The molecule has 0 spiro atoms. The van der Waals surface area contributed by atoms with Crippen LogP contribution in [-0.2, 0) is 0 Å². The second-order valence-corrected chi connectivity index (χ2v) is 6.44. The Morgan fingerprint density at radius 2 is 1.68 bits per heavy atom. The molecule has 0 unspecified atom stereocenters. The number of benzene rings is 2. The number of nitrogens with zero attached hydrogens (tertiary/aromatic N) is 2. The van der Waals surface area contributed by atoms with Crippen molar-refractivity contribution in [1.29, 1.82) is 0 Å². The predicted molar refractivity (Wildman–Crippen MR) is 102 cm³/mol. The van der Waals surface area contributed by atoms with Crippen LogP contribution in [0.5, 0.6) is 5.75 Å². The molecule has 1 amide bonds. The summed E-state index contributed by atoms with van der Waals surface area (Å²) in [6.07, 6.45) is 0.978. The zero-order chi connectivity index (χ0) is 17.6. The summed E-state index contributed by atoms with van der Waals surface area (Å²) in [5.74, 6) is 0.925. The van der Waals surface area contributed by atoms with Gasteiger partial charge in [-0.1, -0.05) is 25.1 Å². The number of rotatable bonds is 5. The number of hydrogen-bond donors (Lipinski definition) is 0. The van der Waals surface area contributed by atoms with Crippen LogP contribution in [0.25, 0.3) is 0 Å². The van der Waals surface area contributed by atoms with Crippen molar-refractivity contribution in [1.82, 2.24) is 4.90 Å². The van der Waals surface area contributed by atoms with Gasteiger partial charge >= 0.3 is 0 Å². The minimum Gasteiger partial charge on any atom is -0.494 e. The van der Waals surface area contributed by atoms with E-state index in [1.165, 1.54) is 11.3 Å². The molecule has 4 nitrogen and oxygen atoms in total. The number of anilines is 1. The molecule has 0 aliphatic carbocycles. The van der Waals surface area contributed by atoms with Gasteiger partial charge < -0.3 is 14.5 Å². The Kier molecular flexibility index (Phi) is 5.59. The first-order valence-corrected chi connectivity index (χ1v) is 9.01. The van der Waals surface area contributed by atoms with Crippen LogP contribution in [0.2, 0.25) is 0 Å². The third-order valence-electron chi connectivity index (χ3n) is 4.60. The third-order valence-corrected chi connectivity index (χ3v) is 4.60. The van der Waals surface area contributed by atoms with Gasteiger partial charge in [-0.15, -0.1) is 0 Å². The monoisotopic (exact) mass is 338 g/mol. The maximum absolute atomic E-state index is 12.7. The smallest absolute Gasteiger partial charge is 0.253 e. The lowest BCUT2D eigenvalue weighted by atomic mass is 10.1. The van der Waals surface area contributed by atoms with Gasteiger partial charge in [0.1, 0.15) is 5.75 Å². The van der Waals surface area contributed by atoms with Crippen molar-refractivity contribution in [3.8, 4) is 5.75 Å². The summed E-state index contributed by atoms with van der Waals surface area (Å²) in [7, 11) is 0. The van der Waals surface area contributed by atoms with E-state index in [4.69, 9.17) is 4.74 Å². The van der Waals surface area contributed by atoms with Crippen molar-refractivity contribution in [3.05, 3.63) is 59.7 Å². The van der Waals surface area contributed by atoms with E-state index in [2.05, 4.69) is 43.0 Å². The van der Waals surface area contributed by atoms with Crippen LogP contribution in [0.3, 0.4) is 0 Å². The Bertz CT molecular complexity index is 704. The molecule has 3 rings (SSSR count). The van der Waals surface area contributed by atoms with Crippen molar-refractivity contribution < 1.29 is 9.53 Å². The molecular formula is C21H26N2O2. The maximum atomic E-state index is 12.7. The maximum Gasteiger partial charge on any atom is 0.253 e. The van der Waals surface area contributed by atoms with Gasteiger partial charge in [0, 0.05) is 37.4 Å². The van der Waals surface area contributed by atoms with Gasteiger partial charge in [0.25, 0.3) is 5.91 Å². The van der Waals surface area contributed by atoms with Crippen LogP contribution in [0, 0.1) is 6.92 Å². The molecule has 0 atom stereocenters. The molecule has 2 aromatic rings. The highest BCUT2D eigenvalue weighted by atomic mass is 16.5. The molecular weight excluding hydrogens is 312 g/mol. The minimum absolute atomic E-state index is 0.103. The lowest BCUT2D eigenvalue weighted by Crippen LogP contribution is -2.49. The van der Waals surface area contributed by atoms with Gasteiger partial charge in [-0.05, 0) is 49.2 Å². The SMILES string of the molecule is CCCOc1ccc(C(=O)N2CCN(c3ccccc3C)CC2)cc1. The lowest BCUT2D eigenvalue weighted by Gasteiger charge is -2.36. The van der Waals surface area contributed by atoms with Crippen LogP contribution in [0.15, 0.2) is 48.5 Å². The van der Waals surface area contributed by atoms with Crippen LogP contribution < -0.4 is 9.64 Å². The number of piperazine rings is 1. The molecule has 25 heavy (non-hydrogen) atoms. The first kappa shape index (κ1) is 17.3. The molecule has 2 aromatic carbocycles. The first-order chi connectivity index (χ1) is 12.2. The Labute approximate surface area is 150 Å². The van der Waals surface area contributed by atoms with Crippen molar-refractivity contribution in [2.24, 2.45) is 0 Å². The summed E-state index contributed by atoms with van der Waals surface area (Å²) in [6, 6.07) is 15.9. The van der Waals surface area contributed by atoms with Crippen LogP contribution >= 0.6 is 0 Å². The normalized spacial score (nSPS) is 14.5. The molecule has 4 heteroatoms. The van der Waals surface area contributed by atoms with Crippen molar-refractivity contribution in [2.75, 3.05) is 37.7 Å². The molecule has 1 aliphatic rings. The Hall–Kier alpha value is -2.49. The fraction of sp³-hybridized carbons (Fsp3) is 0.381. The van der Waals surface area contributed by atoms with Gasteiger partial charge in [-0.3, -0.25) is 4.79 Å². The second kappa shape index (κ2) is 8.06. The van der Waals surface area contributed by atoms with E-state index >= 15 is 0 Å². The first-order valence-electron chi connectivity index (χ1n) is 9.01. The van der Waals surface area contributed by atoms with Gasteiger partial charge in [0.2, 0.25) is 0 Å². The summed E-state index contributed by atoms with van der Waals surface area (Å²) in [6.45, 7) is 8.16. The fourth-order valence-corrected chi connectivity index (χ4v) is 3.16. The number of para-hydroxylation sites is 1. The molecule has 0 saturated carbocycles. The largest absolute Gasteiger partial charge is 0.494 e. The highest BCUT2D eigenvalue weighted by Crippen LogP contribution is 2.21. The minimum atomic E-state index is 0.103. The molecule has 1 heterocycles. The zero-order valence-corrected chi connectivity index (χ0v) is 15.1. The molecule has 1 aliphatic heterocycles. The summed E-state index contributed by atoms with van der Waals surface area (Å²) in [5, 5.41) is 0. The van der Waals surface area contributed by atoms with Gasteiger partial charge in [0.05, 0.1) is 6.61 Å². The molecule has 0 aromatic heterocycles.